The van der Waals surface area contributed by atoms with Crippen LogP contribution in [0.25, 0.3) is 0 Å². The van der Waals surface area contributed by atoms with Crippen molar-refractivity contribution in [1.82, 2.24) is 0 Å². The van der Waals surface area contributed by atoms with E-state index in [1.807, 2.05) is 6.08 Å². The van der Waals surface area contributed by atoms with E-state index in [1.165, 1.54) is 23.1 Å². The van der Waals surface area contributed by atoms with Gasteiger partial charge in [-0.2, -0.15) is 0 Å². The van der Waals surface area contributed by atoms with Crippen LogP contribution in [0, 0.1) is 5.92 Å². The Hall–Kier alpha value is -0.820. The number of aliphatic hydroxyl groups is 1. The highest BCUT2D eigenvalue weighted by atomic mass is 16.3. The topological polar surface area (TPSA) is 20.2 Å². The third-order valence-electron chi connectivity index (χ3n) is 3.73. The van der Waals surface area contributed by atoms with E-state index in [1.54, 1.807) is 0 Å². The summed E-state index contributed by atoms with van der Waals surface area (Å²) in [6, 6.07) is 0. The Bertz CT molecular complexity index is 336. The third-order valence-corrected chi connectivity index (χ3v) is 3.73. The van der Waals surface area contributed by atoms with Gasteiger partial charge in [0.2, 0.25) is 0 Å². The molecule has 0 bridgehead atoms. The summed E-state index contributed by atoms with van der Waals surface area (Å²) in [5, 5.41) is 10.5. The molecule has 1 N–H and O–H groups in total. The van der Waals surface area contributed by atoms with E-state index >= 15 is 0 Å². The van der Waals surface area contributed by atoms with Crippen LogP contribution in [0.1, 0.15) is 59.3 Å². The van der Waals surface area contributed by atoms with Crippen LogP contribution in [0.15, 0.2) is 35.5 Å². The Labute approximate surface area is 112 Å². The molecule has 1 heteroatoms. The monoisotopic (exact) mass is 248 g/mol. The molecule has 0 aliphatic heterocycles. The summed E-state index contributed by atoms with van der Waals surface area (Å²) >= 11 is 0. The molecule has 0 aromatic rings. The minimum atomic E-state index is -0.343. The minimum absolute atomic E-state index is 0.137. The molecule has 1 aliphatic carbocycles. The summed E-state index contributed by atoms with van der Waals surface area (Å²) in [6.07, 6.45) is 10.5. The van der Waals surface area contributed by atoms with Crippen LogP contribution in [-0.2, 0) is 0 Å². The van der Waals surface area contributed by atoms with E-state index in [2.05, 4.69) is 33.4 Å². The molecule has 102 valence electrons. The van der Waals surface area contributed by atoms with Crippen LogP contribution in [0.2, 0.25) is 0 Å². The highest BCUT2D eigenvalue weighted by Gasteiger charge is 2.28. The van der Waals surface area contributed by atoms with Crippen LogP contribution < -0.4 is 0 Å². The van der Waals surface area contributed by atoms with E-state index in [-0.39, 0.29) is 12.0 Å². The van der Waals surface area contributed by atoms with Crippen LogP contribution in [0.5, 0.6) is 0 Å². The van der Waals surface area contributed by atoms with Gasteiger partial charge in [-0.05, 0) is 30.4 Å². The summed E-state index contributed by atoms with van der Waals surface area (Å²) in [5.41, 5.74) is 4.07. The van der Waals surface area contributed by atoms with Crippen LogP contribution >= 0.6 is 0 Å². The molecule has 0 radical (unpaired) electrons. The van der Waals surface area contributed by atoms with Crippen molar-refractivity contribution >= 4 is 0 Å². The first-order valence-corrected chi connectivity index (χ1v) is 7.42. The van der Waals surface area contributed by atoms with E-state index < -0.39 is 0 Å². The van der Waals surface area contributed by atoms with Crippen LogP contribution in [0.3, 0.4) is 0 Å². The fourth-order valence-corrected chi connectivity index (χ4v) is 2.92. The first kappa shape index (κ1) is 15.2. The van der Waals surface area contributed by atoms with Gasteiger partial charge in [-0.15, -0.1) is 6.58 Å². The SMILES string of the molecule is C=CC1C(CCC)=C(CCC)C=C(CCC)C1O. The smallest absolute Gasteiger partial charge is 0.0853 e. The molecule has 1 aliphatic rings. The fraction of sp³-hybridized carbons (Fsp3) is 0.647. The maximum atomic E-state index is 10.5. The average molecular weight is 248 g/mol. The highest BCUT2D eigenvalue weighted by molar-refractivity contribution is 5.40. The molecule has 2 atom stereocenters. The molecular weight excluding hydrogens is 220 g/mol. The molecule has 0 aromatic heterocycles. The maximum absolute atomic E-state index is 10.5. The van der Waals surface area contributed by atoms with Crippen molar-refractivity contribution in [3.63, 3.8) is 0 Å². The first-order valence-electron chi connectivity index (χ1n) is 7.42. The molecule has 0 amide bonds. The summed E-state index contributed by atoms with van der Waals surface area (Å²) in [6.45, 7) is 10.5. The molecule has 18 heavy (non-hydrogen) atoms. The van der Waals surface area contributed by atoms with Crippen molar-refractivity contribution in [3.8, 4) is 0 Å². The molecule has 0 spiro atoms. The molecule has 0 heterocycles. The zero-order chi connectivity index (χ0) is 13.5. The second-order valence-electron chi connectivity index (χ2n) is 5.23. The van der Waals surface area contributed by atoms with Crippen LogP contribution in [0.4, 0.5) is 0 Å². The van der Waals surface area contributed by atoms with Crippen LogP contribution in [-0.4, -0.2) is 11.2 Å². The summed E-state index contributed by atoms with van der Waals surface area (Å²) < 4.78 is 0. The molecular formula is C17H28O. The summed E-state index contributed by atoms with van der Waals surface area (Å²) in [7, 11) is 0. The lowest BCUT2D eigenvalue weighted by Crippen LogP contribution is -2.27. The second kappa shape index (κ2) is 7.58. The second-order valence-corrected chi connectivity index (χ2v) is 5.23. The van der Waals surface area contributed by atoms with Gasteiger partial charge in [0.15, 0.2) is 0 Å². The summed E-state index contributed by atoms with van der Waals surface area (Å²) in [4.78, 5) is 0. The van der Waals surface area contributed by atoms with Gasteiger partial charge in [0.05, 0.1) is 6.10 Å². The first-order chi connectivity index (χ1) is 8.69. The molecule has 0 fully saturated rings. The van der Waals surface area contributed by atoms with Gasteiger partial charge in [0, 0.05) is 5.92 Å². The van der Waals surface area contributed by atoms with Crippen molar-refractivity contribution in [3.05, 3.63) is 35.5 Å². The zero-order valence-corrected chi connectivity index (χ0v) is 12.2. The molecule has 0 saturated carbocycles. The summed E-state index contributed by atoms with van der Waals surface area (Å²) in [5.74, 6) is 0.137. The number of hydrogen-bond acceptors (Lipinski definition) is 1. The Morgan fingerprint density at radius 1 is 1.11 bits per heavy atom. The maximum Gasteiger partial charge on any atom is 0.0853 e. The van der Waals surface area contributed by atoms with Gasteiger partial charge >= 0.3 is 0 Å². The van der Waals surface area contributed by atoms with Crippen molar-refractivity contribution in [2.24, 2.45) is 5.92 Å². The lowest BCUT2D eigenvalue weighted by molar-refractivity contribution is 0.171. The van der Waals surface area contributed by atoms with Crippen molar-refractivity contribution < 1.29 is 5.11 Å². The Kier molecular flexibility index (Phi) is 6.42. The lowest BCUT2D eigenvalue weighted by atomic mass is 9.77. The van der Waals surface area contributed by atoms with Gasteiger partial charge in [0.25, 0.3) is 0 Å². The number of hydrogen-bond donors (Lipinski definition) is 1. The zero-order valence-electron chi connectivity index (χ0n) is 12.2. The number of rotatable bonds is 7. The van der Waals surface area contributed by atoms with E-state index in [0.29, 0.717) is 0 Å². The van der Waals surface area contributed by atoms with Gasteiger partial charge in [0.1, 0.15) is 0 Å². The molecule has 1 rings (SSSR count). The highest BCUT2D eigenvalue weighted by Crippen LogP contribution is 2.36. The Morgan fingerprint density at radius 3 is 2.22 bits per heavy atom. The normalized spacial score (nSPS) is 24.1. The van der Waals surface area contributed by atoms with Gasteiger partial charge in [-0.1, -0.05) is 57.8 Å². The molecule has 1 nitrogen and oxygen atoms in total. The standard InChI is InChI=1S/C17H28O/c1-5-9-13-12-14(10-6-2)17(18)15(8-4)16(13)11-7-3/h8,12,15,17-18H,4-7,9-11H2,1-3H3. The number of allylic oxidation sites excluding steroid dienone is 2. The molecule has 0 saturated heterocycles. The van der Waals surface area contributed by atoms with Gasteiger partial charge < -0.3 is 5.11 Å². The quantitative estimate of drug-likeness (QED) is 0.642. The molecule has 2 unspecified atom stereocenters. The van der Waals surface area contributed by atoms with Crippen molar-refractivity contribution in [2.45, 2.75) is 65.4 Å². The van der Waals surface area contributed by atoms with Crippen molar-refractivity contribution in [2.75, 3.05) is 0 Å². The van der Waals surface area contributed by atoms with Gasteiger partial charge in [-0.3, -0.25) is 0 Å². The van der Waals surface area contributed by atoms with Gasteiger partial charge in [-0.25, -0.2) is 0 Å². The Morgan fingerprint density at radius 2 is 1.72 bits per heavy atom. The third kappa shape index (κ3) is 3.35. The average Bonchev–Trinajstić information content (AvgIpc) is 2.36. The predicted octanol–water partition coefficient (Wildman–Crippen LogP) is 4.79. The minimum Gasteiger partial charge on any atom is -0.388 e. The molecule has 0 aromatic carbocycles. The Balaban J connectivity index is 3.12. The van der Waals surface area contributed by atoms with E-state index in [9.17, 15) is 5.11 Å². The van der Waals surface area contributed by atoms with E-state index in [0.717, 1.165) is 32.1 Å². The fourth-order valence-electron chi connectivity index (χ4n) is 2.92. The van der Waals surface area contributed by atoms with Crippen molar-refractivity contribution in [1.29, 1.82) is 0 Å². The van der Waals surface area contributed by atoms with E-state index in [4.69, 9.17) is 0 Å². The largest absolute Gasteiger partial charge is 0.388 e. The lowest BCUT2D eigenvalue weighted by Gasteiger charge is -2.31. The number of aliphatic hydroxyl groups excluding tert-OH is 1. The predicted molar refractivity (Wildman–Crippen MR) is 79.5 cm³/mol.